The first-order valence-corrected chi connectivity index (χ1v) is 11.6. The summed E-state index contributed by atoms with van der Waals surface area (Å²) in [5, 5.41) is 7.26. The van der Waals surface area contributed by atoms with E-state index in [0.717, 1.165) is 42.7 Å². The lowest BCUT2D eigenvalue weighted by atomic mass is 9.86. The molecule has 0 unspecified atom stereocenters. The molecule has 0 aliphatic carbocycles. The van der Waals surface area contributed by atoms with Crippen molar-refractivity contribution >= 4 is 35.3 Å². The molecule has 1 aromatic carbocycles. The second-order valence-corrected chi connectivity index (χ2v) is 8.88. The lowest BCUT2D eigenvalue weighted by Crippen LogP contribution is -2.36. The second-order valence-electron chi connectivity index (χ2n) is 8.88. The lowest BCUT2D eigenvalue weighted by molar-refractivity contribution is -0.129. The molecule has 35 heavy (non-hydrogen) atoms. The van der Waals surface area contributed by atoms with E-state index in [2.05, 4.69) is 39.7 Å². The molecule has 3 aromatic rings. The van der Waals surface area contributed by atoms with Gasteiger partial charge in [-0.1, -0.05) is 6.07 Å². The average molecular weight is 469 g/mol. The molecule has 0 spiro atoms. The number of amides is 2. The number of nitrogens with two attached hydrogens (primary N) is 1. The summed E-state index contributed by atoms with van der Waals surface area (Å²) in [5.74, 6) is 0.823. The highest BCUT2D eigenvalue weighted by molar-refractivity contribution is 6.05. The van der Waals surface area contributed by atoms with Gasteiger partial charge >= 0.3 is 0 Å². The molecular weight excluding hydrogens is 442 g/mol. The summed E-state index contributed by atoms with van der Waals surface area (Å²) in [6.45, 7) is 5.29. The molecule has 0 saturated carbocycles. The maximum absolute atomic E-state index is 12.6. The van der Waals surface area contributed by atoms with Crippen molar-refractivity contribution in [2.75, 3.05) is 24.1 Å². The Kier molecular flexibility index (Phi) is 5.90. The Hall–Kier alpha value is -4.27. The molecule has 177 valence electrons. The highest BCUT2D eigenvalue weighted by Gasteiger charge is 2.25. The van der Waals surface area contributed by atoms with Gasteiger partial charge in [0.1, 0.15) is 5.82 Å². The van der Waals surface area contributed by atoms with Crippen LogP contribution in [0.2, 0.25) is 0 Å². The molecule has 2 aromatic heterocycles. The zero-order valence-corrected chi connectivity index (χ0v) is 19.7. The van der Waals surface area contributed by atoms with Crippen molar-refractivity contribution in [2.45, 2.75) is 32.6 Å². The quantitative estimate of drug-likeness (QED) is 0.598. The van der Waals surface area contributed by atoms with Gasteiger partial charge in [0.15, 0.2) is 0 Å². The fourth-order valence-corrected chi connectivity index (χ4v) is 4.73. The summed E-state index contributed by atoms with van der Waals surface area (Å²) < 4.78 is 0. The van der Waals surface area contributed by atoms with Crippen molar-refractivity contribution in [3.05, 3.63) is 65.1 Å². The SMILES string of the molecule is CC(=O)N1CCC(c2ccc(Nc3nc(-c4cnc(N)nc4)cc4c3C(=O)[N]C=C4)cc2C)CC1. The van der Waals surface area contributed by atoms with Gasteiger partial charge in [0, 0.05) is 49.9 Å². The third kappa shape index (κ3) is 4.57. The maximum atomic E-state index is 12.6. The Balaban J connectivity index is 1.44. The number of pyridine rings is 1. The molecule has 4 heterocycles. The van der Waals surface area contributed by atoms with Crippen molar-refractivity contribution in [2.24, 2.45) is 0 Å². The Morgan fingerprint density at radius 2 is 1.89 bits per heavy atom. The first-order chi connectivity index (χ1) is 16.9. The number of aromatic nitrogens is 3. The van der Waals surface area contributed by atoms with E-state index in [1.165, 1.54) is 11.8 Å². The monoisotopic (exact) mass is 468 g/mol. The normalized spacial score (nSPS) is 15.5. The van der Waals surface area contributed by atoms with Crippen LogP contribution in [-0.2, 0) is 4.79 Å². The van der Waals surface area contributed by atoms with Gasteiger partial charge in [0.25, 0.3) is 5.91 Å². The zero-order valence-electron chi connectivity index (χ0n) is 19.7. The van der Waals surface area contributed by atoms with Gasteiger partial charge < -0.3 is 16.0 Å². The van der Waals surface area contributed by atoms with Crippen molar-refractivity contribution in [3.8, 4) is 11.3 Å². The molecular formula is C26H26N7O2. The number of rotatable bonds is 4. The van der Waals surface area contributed by atoms with Gasteiger partial charge in [0.05, 0.1) is 11.3 Å². The Bertz CT molecular complexity index is 1330. The molecule has 2 aliphatic rings. The van der Waals surface area contributed by atoms with Gasteiger partial charge in [-0.3, -0.25) is 9.59 Å². The van der Waals surface area contributed by atoms with E-state index in [-0.39, 0.29) is 17.8 Å². The van der Waals surface area contributed by atoms with E-state index >= 15 is 0 Å². The first-order valence-electron chi connectivity index (χ1n) is 11.6. The fourth-order valence-electron chi connectivity index (χ4n) is 4.73. The van der Waals surface area contributed by atoms with Crippen molar-refractivity contribution < 1.29 is 9.59 Å². The molecule has 1 saturated heterocycles. The summed E-state index contributed by atoms with van der Waals surface area (Å²) in [4.78, 5) is 39.0. The number of carbonyl (C=O) groups is 2. The minimum absolute atomic E-state index is 0.138. The molecule has 3 N–H and O–H groups in total. The predicted molar refractivity (Wildman–Crippen MR) is 134 cm³/mol. The summed E-state index contributed by atoms with van der Waals surface area (Å²) in [6.07, 6.45) is 8.40. The van der Waals surface area contributed by atoms with Crippen LogP contribution in [0.15, 0.2) is 42.9 Å². The number of hydrogen-bond donors (Lipinski definition) is 2. The number of nitrogens with zero attached hydrogens (tertiary/aromatic N) is 5. The number of hydrogen-bond acceptors (Lipinski definition) is 7. The van der Waals surface area contributed by atoms with Crippen LogP contribution in [0.25, 0.3) is 17.3 Å². The number of nitrogens with one attached hydrogen (secondary N) is 1. The van der Waals surface area contributed by atoms with E-state index in [9.17, 15) is 9.59 Å². The van der Waals surface area contributed by atoms with Crippen LogP contribution >= 0.6 is 0 Å². The second kappa shape index (κ2) is 9.17. The minimum Gasteiger partial charge on any atom is -0.368 e. The van der Waals surface area contributed by atoms with Gasteiger partial charge in [-0.15, -0.1) is 0 Å². The molecule has 1 fully saturated rings. The number of anilines is 3. The van der Waals surface area contributed by atoms with Gasteiger partial charge in [0.2, 0.25) is 11.9 Å². The lowest BCUT2D eigenvalue weighted by Gasteiger charge is -2.32. The Morgan fingerprint density at radius 1 is 1.14 bits per heavy atom. The summed E-state index contributed by atoms with van der Waals surface area (Å²) in [7, 11) is 0. The highest BCUT2D eigenvalue weighted by atomic mass is 16.2. The van der Waals surface area contributed by atoms with Crippen molar-refractivity contribution in [3.63, 3.8) is 0 Å². The van der Waals surface area contributed by atoms with Gasteiger partial charge in [-0.05, 0) is 66.6 Å². The molecule has 9 heteroatoms. The summed E-state index contributed by atoms with van der Waals surface area (Å²) in [5.41, 5.74) is 11.4. The third-order valence-electron chi connectivity index (χ3n) is 6.59. The number of fused-ring (bicyclic) bond motifs is 1. The van der Waals surface area contributed by atoms with Crippen molar-refractivity contribution in [1.29, 1.82) is 0 Å². The maximum Gasteiger partial charge on any atom is 0.281 e. The Labute approximate surface area is 203 Å². The summed E-state index contributed by atoms with van der Waals surface area (Å²) >= 11 is 0. The van der Waals surface area contributed by atoms with E-state index in [4.69, 9.17) is 10.7 Å². The summed E-state index contributed by atoms with van der Waals surface area (Å²) in [6, 6.07) is 8.02. The van der Waals surface area contributed by atoms with Crippen LogP contribution < -0.4 is 16.4 Å². The van der Waals surface area contributed by atoms with Crippen LogP contribution in [-0.4, -0.2) is 44.8 Å². The molecule has 2 aliphatic heterocycles. The number of nitrogen functional groups attached to an aromatic ring is 1. The molecule has 0 bridgehead atoms. The van der Waals surface area contributed by atoms with Gasteiger partial charge in [-0.25, -0.2) is 20.3 Å². The highest BCUT2D eigenvalue weighted by Crippen LogP contribution is 2.34. The smallest absolute Gasteiger partial charge is 0.281 e. The molecule has 1 radical (unpaired) electrons. The van der Waals surface area contributed by atoms with Crippen LogP contribution in [0.4, 0.5) is 17.5 Å². The fraction of sp³-hybridized carbons (Fsp3) is 0.269. The average Bonchev–Trinajstić information content (AvgIpc) is 2.84. The van der Waals surface area contributed by atoms with Crippen LogP contribution in [0.3, 0.4) is 0 Å². The van der Waals surface area contributed by atoms with E-state index in [0.29, 0.717) is 28.6 Å². The number of piperidine rings is 1. The van der Waals surface area contributed by atoms with Gasteiger partial charge in [-0.2, -0.15) is 0 Å². The largest absolute Gasteiger partial charge is 0.368 e. The number of aryl methyl sites for hydroxylation is 1. The Morgan fingerprint density at radius 3 is 2.57 bits per heavy atom. The predicted octanol–water partition coefficient (Wildman–Crippen LogP) is 3.63. The number of likely N-dealkylation sites (tertiary alicyclic amines) is 1. The molecule has 5 rings (SSSR count). The molecule has 0 atom stereocenters. The molecule has 9 nitrogen and oxygen atoms in total. The number of benzene rings is 1. The van der Waals surface area contributed by atoms with Crippen LogP contribution in [0.1, 0.15) is 52.7 Å². The van der Waals surface area contributed by atoms with Crippen LogP contribution in [0.5, 0.6) is 0 Å². The van der Waals surface area contributed by atoms with E-state index in [1.54, 1.807) is 25.4 Å². The van der Waals surface area contributed by atoms with E-state index < -0.39 is 0 Å². The minimum atomic E-state index is -0.344. The number of carbonyl (C=O) groups excluding carboxylic acids is 2. The first kappa shape index (κ1) is 22.5. The third-order valence-corrected chi connectivity index (χ3v) is 6.59. The van der Waals surface area contributed by atoms with Crippen LogP contribution in [0, 0.1) is 6.92 Å². The topological polar surface area (TPSA) is 128 Å². The zero-order chi connectivity index (χ0) is 24.5. The standard InChI is InChI=1S/C26H26N7O2/c1-15-11-20(3-4-21(15)17-6-9-33(10-7-17)16(2)34)31-24-23-18(5-8-28-25(23)35)12-22(32-24)19-13-29-26(27)30-14-19/h3-5,8,11-14,17H,6-7,9-10H2,1-2H3,(H,31,32)(H2,27,29,30). The van der Waals surface area contributed by atoms with E-state index in [1.807, 2.05) is 17.0 Å². The molecule has 2 amide bonds. The van der Waals surface area contributed by atoms with Crippen molar-refractivity contribution in [1.82, 2.24) is 25.2 Å².